The summed E-state index contributed by atoms with van der Waals surface area (Å²) >= 11 is 6.24. The number of H-pyrrole nitrogens is 1. The molecule has 0 radical (unpaired) electrons. The summed E-state index contributed by atoms with van der Waals surface area (Å²) in [6.45, 7) is 1.84. The van der Waals surface area contributed by atoms with Crippen LogP contribution < -0.4 is 16.0 Å². The highest BCUT2D eigenvalue weighted by atomic mass is 35.5. The topological polar surface area (TPSA) is 123 Å². The Labute approximate surface area is 159 Å². The van der Waals surface area contributed by atoms with Crippen LogP contribution in [0.3, 0.4) is 0 Å². The second-order valence-electron chi connectivity index (χ2n) is 6.01. The van der Waals surface area contributed by atoms with Crippen molar-refractivity contribution in [3.8, 4) is 0 Å². The maximum atomic E-state index is 10.4. The van der Waals surface area contributed by atoms with E-state index >= 15 is 0 Å². The zero-order chi connectivity index (χ0) is 19.0. The lowest BCUT2D eigenvalue weighted by molar-refractivity contribution is 0.173. The monoisotopic (exact) mass is 387 g/mol. The summed E-state index contributed by atoms with van der Waals surface area (Å²) < 4.78 is 5.68. The molecule has 2 unspecified atom stereocenters. The third-order valence-electron chi connectivity index (χ3n) is 4.26. The number of aromatic nitrogens is 3. The van der Waals surface area contributed by atoms with E-state index in [1.54, 1.807) is 13.2 Å². The summed E-state index contributed by atoms with van der Waals surface area (Å²) in [6, 6.07) is 7.18. The van der Waals surface area contributed by atoms with Gasteiger partial charge in [0, 0.05) is 17.5 Å². The number of nitrogens with one attached hydrogen (secondary N) is 4. The Hall–Kier alpha value is -2.88. The average Bonchev–Trinajstić information content (AvgIpc) is 3.25. The summed E-state index contributed by atoms with van der Waals surface area (Å²) in [4.78, 5) is 9.00. The number of hydrogen-bond donors (Lipinski definition) is 5. The molecular formula is C17H18ClN7O2. The molecule has 0 aliphatic carbocycles. The van der Waals surface area contributed by atoms with Crippen LogP contribution in [0.5, 0.6) is 0 Å². The van der Waals surface area contributed by atoms with E-state index in [2.05, 4.69) is 36.1 Å². The molecule has 0 amide bonds. The maximum Gasteiger partial charge on any atom is 0.302 e. The third-order valence-corrected chi connectivity index (χ3v) is 4.56. The van der Waals surface area contributed by atoms with Crippen LogP contribution in [0.25, 0.3) is 11.1 Å². The van der Waals surface area contributed by atoms with Gasteiger partial charge in [0.2, 0.25) is 5.96 Å². The maximum absolute atomic E-state index is 10.4. The number of nitrogens with zero attached hydrogens (tertiary/aromatic N) is 3. The minimum Gasteiger partial charge on any atom is -0.423 e. The van der Waals surface area contributed by atoms with Crippen molar-refractivity contribution in [3.63, 3.8) is 0 Å². The van der Waals surface area contributed by atoms with E-state index in [1.165, 1.54) is 0 Å². The number of aromatic amines is 1. The zero-order valence-corrected chi connectivity index (χ0v) is 15.4. The number of guanidine groups is 1. The van der Waals surface area contributed by atoms with Crippen LogP contribution in [-0.2, 0) is 0 Å². The van der Waals surface area contributed by atoms with E-state index < -0.39 is 12.3 Å². The number of halogens is 1. The smallest absolute Gasteiger partial charge is 0.302 e. The van der Waals surface area contributed by atoms with Gasteiger partial charge in [-0.2, -0.15) is 10.1 Å². The Morgan fingerprint density at radius 2 is 2.15 bits per heavy atom. The summed E-state index contributed by atoms with van der Waals surface area (Å²) in [5, 5.41) is 26.7. The Morgan fingerprint density at radius 3 is 2.85 bits per heavy atom. The average molecular weight is 388 g/mol. The molecule has 27 heavy (non-hydrogen) atoms. The molecule has 1 aromatic carbocycles. The van der Waals surface area contributed by atoms with Crippen LogP contribution in [0.4, 0.5) is 6.01 Å². The predicted octanol–water partition coefficient (Wildman–Crippen LogP) is 2.13. The summed E-state index contributed by atoms with van der Waals surface area (Å²) in [5.41, 5.74) is 3.26. The van der Waals surface area contributed by atoms with Gasteiger partial charge < -0.3 is 14.8 Å². The van der Waals surface area contributed by atoms with Gasteiger partial charge in [0.25, 0.3) is 0 Å². The van der Waals surface area contributed by atoms with Gasteiger partial charge >= 0.3 is 6.01 Å². The Kier molecular flexibility index (Phi) is 4.56. The Bertz CT molecular complexity index is 1010. The van der Waals surface area contributed by atoms with Gasteiger partial charge in [-0.1, -0.05) is 23.7 Å². The highest BCUT2D eigenvalue weighted by molar-refractivity contribution is 6.31. The lowest BCUT2D eigenvalue weighted by Gasteiger charge is -2.28. The van der Waals surface area contributed by atoms with Gasteiger partial charge in [-0.25, -0.2) is 4.99 Å². The number of benzene rings is 1. The summed E-state index contributed by atoms with van der Waals surface area (Å²) in [7, 11) is 1.66. The number of rotatable bonds is 4. The van der Waals surface area contributed by atoms with E-state index in [1.807, 2.05) is 31.2 Å². The van der Waals surface area contributed by atoms with E-state index in [0.29, 0.717) is 33.8 Å². The number of aliphatic imine (C=N–C) groups is 1. The first kappa shape index (κ1) is 17.5. The molecule has 9 nitrogen and oxygen atoms in total. The molecule has 0 saturated carbocycles. The van der Waals surface area contributed by atoms with E-state index in [4.69, 9.17) is 16.0 Å². The van der Waals surface area contributed by atoms with Gasteiger partial charge in [-0.05, 0) is 26.1 Å². The molecule has 0 bridgehead atoms. The molecule has 5 N–H and O–H groups in total. The van der Waals surface area contributed by atoms with Gasteiger partial charge in [-0.15, -0.1) is 0 Å². The van der Waals surface area contributed by atoms with Crippen LogP contribution in [0.2, 0.25) is 5.02 Å². The van der Waals surface area contributed by atoms with Crippen LogP contribution in [-0.4, -0.2) is 39.5 Å². The first-order valence-electron chi connectivity index (χ1n) is 8.29. The number of anilines is 1. The van der Waals surface area contributed by atoms with Gasteiger partial charge in [0.1, 0.15) is 23.5 Å². The first-order valence-corrected chi connectivity index (χ1v) is 8.67. The lowest BCUT2D eigenvalue weighted by Crippen LogP contribution is -2.40. The van der Waals surface area contributed by atoms with Crippen molar-refractivity contribution < 1.29 is 9.52 Å². The number of fused-ring (bicyclic) bond motifs is 1. The molecule has 0 saturated heterocycles. The second-order valence-corrected chi connectivity index (χ2v) is 6.41. The molecule has 10 heteroatoms. The normalized spacial score (nSPS) is 18.4. The number of para-hydroxylation sites is 2. The Balaban J connectivity index is 1.69. The molecule has 140 valence electrons. The van der Waals surface area contributed by atoms with Crippen molar-refractivity contribution in [1.29, 1.82) is 0 Å². The summed E-state index contributed by atoms with van der Waals surface area (Å²) in [5.74, 6) is 0.412. The van der Waals surface area contributed by atoms with Crippen molar-refractivity contribution in [2.45, 2.75) is 19.2 Å². The van der Waals surface area contributed by atoms with Crippen LogP contribution in [0.15, 0.2) is 51.1 Å². The number of likely N-dealkylation sites (N-methyl/N-ethyl adjacent to an activating group) is 1. The van der Waals surface area contributed by atoms with E-state index in [-0.39, 0.29) is 0 Å². The molecule has 3 aromatic rings. The fourth-order valence-corrected chi connectivity index (χ4v) is 3.17. The Morgan fingerprint density at radius 1 is 1.33 bits per heavy atom. The lowest BCUT2D eigenvalue weighted by atomic mass is 9.99. The fourth-order valence-electron chi connectivity index (χ4n) is 2.97. The molecule has 2 aromatic heterocycles. The minimum absolute atomic E-state index is 0.305. The third kappa shape index (κ3) is 3.27. The number of aliphatic hydroxyl groups is 1. The first-order chi connectivity index (χ1) is 13.1. The predicted molar refractivity (Wildman–Crippen MR) is 102 cm³/mol. The van der Waals surface area contributed by atoms with Crippen LogP contribution >= 0.6 is 11.6 Å². The molecular weight excluding hydrogens is 370 g/mol. The van der Waals surface area contributed by atoms with E-state index in [9.17, 15) is 5.11 Å². The molecule has 2 atom stereocenters. The van der Waals surface area contributed by atoms with Crippen molar-refractivity contribution >= 4 is 34.7 Å². The number of allylic oxidation sites excluding steroid dienone is 1. The largest absolute Gasteiger partial charge is 0.423 e. The van der Waals surface area contributed by atoms with Crippen molar-refractivity contribution in [2.24, 2.45) is 4.99 Å². The minimum atomic E-state index is -0.912. The molecule has 4 rings (SSSR count). The SMILES string of the molecule is CNC(O)C1=C(C)NC(Nc2nc3ccccc3o2)=NC1c1n[nH]cc1Cl. The molecule has 1 aliphatic rings. The fraction of sp³-hybridized carbons (Fsp3) is 0.235. The van der Waals surface area contributed by atoms with Crippen molar-refractivity contribution in [2.75, 3.05) is 12.4 Å². The molecule has 1 aliphatic heterocycles. The number of aliphatic hydroxyl groups excluding tert-OH is 1. The quantitative estimate of drug-likeness (QED) is 0.434. The zero-order valence-electron chi connectivity index (χ0n) is 14.6. The highest BCUT2D eigenvalue weighted by Gasteiger charge is 2.31. The van der Waals surface area contributed by atoms with E-state index in [0.717, 1.165) is 11.2 Å². The summed E-state index contributed by atoms with van der Waals surface area (Å²) in [6.07, 6.45) is 0.658. The number of hydrogen-bond acceptors (Lipinski definition) is 8. The number of oxazole rings is 1. The standard InChI is InChI=1S/C17H18ClN7O2/c1-8-12(15(26)19-2)14(13-9(18)7-20-25-13)23-16(21-8)24-17-22-10-5-3-4-6-11(10)27-17/h3-7,14-15,19,26H,1-2H3,(H,20,25)(H2,21,22,23,24). The van der Waals surface area contributed by atoms with Gasteiger partial charge in [-0.3, -0.25) is 15.7 Å². The van der Waals surface area contributed by atoms with Gasteiger partial charge in [0.15, 0.2) is 5.58 Å². The van der Waals surface area contributed by atoms with Crippen LogP contribution in [0.1, 0.15) is 18.7 Å². The highest BCUT2D eigenvalue weighted by Crippen LogP contribution is 2.34. The van der Waals surface area contributed by atoms with Crippen LogP contribution in [0, 0.1) is 0 Å². The van der Waals surface area contributed by atoms with Crippen molar-refractivity contribution in [1.82, 2.24) is 25.8 Å². The molecule has 0 fully saturated rings. The molecule has 0 spiro atoms. The van der Waals surface area contributed by atoms with Gasteiger partial charge in [0.05, 0.1) is 5.02 Å². The second kappa shape index (κ2) is 7.03. The van der Waals surface area contributed by atoms with Crippen molar-refractivity contribution in [3.05, 3.63) is 52.4 Å². The molecule has 3 heterocycles.